The first-order chi connectivity index (χ1) is 12.4. The van der Waals surface area contributed by atoms with Crippen molar-refractivity contribution in [2.45, 2.75) is 31.5 Å². The number of carbonyl (C=O) groups excluding carboxylic acids is 1. The number of aliphatic hydroxyl groups is 1. The second kappa shape index (κ2) is 9.98. The van der Waals surface area contributed by atoms with E-state index in [9.17, 15) is 9.90 Å². The van der Waals surface area contributed by atoms with Gasteiger partial charge in [-0.25, -0.2) is 0 Å². The van der Waals surface area contributed by atoms with E-state index in [1.807, 2.05) is 49.4 Å². The summed E-state index contributed by atoms with van der Waals surface area (Å²) < 4.78 is 11.0. The van der Waals surface area contributed by atoms with Gasteiger partial charge in [-0.3, -0.25) is 4.79 Å². The summed E-state index contributed by atoms with van der Waals surface area (Å²) in [5.41, 5.74) is 1.63. The molecule has 4 atom stereocenters. The van der Waals surface area contributed by atoms with Gasteiger partial charge in [0.25, 0.3) is 0 Å². The van der Waals surface area contributed by atoms with E-state index < -0.39 is 17.8 Å². The number of nitrogens with zero attached hydrogens (tertiary/aromatic N) is 1. The minimum atomic E-state index is -0.792. The molecule has 1 aliphatic heterocycles. The highest BCUT2D eigenvalue weighted by atomic mass is 31.0. The van der Waals surface area contributed by atoms with Crippen molar-refractivity contribution in [2.75, 3.05) is 20.3 Å². The molecule has 0 saturated carbocycles. The first-order valence-electron chi connectivity index (χ1n) is 8.72. The van der Waals surface area contributed by atoms with Gasteiger partial charge in [0.1, 0.15) is 6.10 Å². The van der Waals surface area contributed by atoms with Crippen molar-refractivity contribution < 1.29 is 19.4 Å². The number of rotatable bonds is 8. The Labute approximate surface area is 157 Å². The fourth-order valence-corrected chi connectivity index (χ4v) is 3.13. The van der Waals surface area contributed by atoms with Crippen LogP contribution in [0.2, 0.25) is 0 Å². The van der Waals surface area contributed by atoms with Gasteiger partial charge in [-0.15, -0.1) is 9.24 Å². The molecular weight excluding hydrogens is 349 g/mol. The molecule has 0 radical (unpaired) electrons. The summed E-state index contributed by atoms with van der Waals surface area (Å²) in [5, 5.41) is 10.6. The van der Waals surface area contributed by atoms with Crippen LogP contribution in [0.5, 0.6) is 0 Å². The predicted octanol–water partition coefficient (Wildman–Crippen LogP) is 2.89. The lowest BCUT2D eigenvalue weighted by Crippen LogP contribution is -2.41. The molecule has 0 bridgehead atoms. The lowest BCUT2D eigenvalue weighted by molar-refractivity contribution is -0.138. The molecule has 0 aromatic heterocycles. The number of carbonyl (C=O) groups is 1. The molecule has 6 heteroatoms. The van der Waals surface area contributed by atoms with Crippen molar-refractivity contribution in [3.05, 3.63) is 60.2 Å². The second-order valence-electron chi connectivity index (χ2n) is 6.51. The van der Waals surface area contributed by atoms with Gasteiger partial charge in [-0.2, -0.15) is 0 Å². The zero-order valence-corrected chi connectivity index (χ0v) is 16.5. The molecule has 1 aromatic rings. The monoisotopic (exact) mass is 377 g/mol. The van der Waals surface area contributed by atoms with Crippen LogP contribution < -0.4 is 0 Å². The summed E-state index contributed by atoms with van der Waals surface area (Å²) in [6, 6.07) is 9.32. The molecule has 2 rings (SSSR count). The quantitative estimate of drug-likeness (QED) is 0.559. The van der Waals surface area contributed by atoms with E-state index in [-0.39, 0.29) is 12.2 Å². The van der Waals surface area contributed by atoms with Crippen LogP contribution in [-0.2, 0) is 14.3 Å². The minimum absolute atomic E-state index is 0.100. The third kappa shape index (κ3) is 5.75. The Morgan fingerprint density at radius 3 is 2.58 bits per heavy atom. The number of likely N-dealkylation sites (N-methyl/N-ethyl adjacent to an activating group) is 1. The molecular formula is C20H28NO4P. The van der Waals surface area contributed by atoms with Crippen LogP contribution in [-0.4, -0.2) is 48.2 Å². The lowest BCUT2D eigenvalue weighted by Gasteiger charge is -2.31. The highest BCUT2D eigenvalue weighted by Gasteiger charge is 2.31. The third-order valence-corrected chi connectivity index (χ3v) is 5.14. The SMILES string of the molecule is C=C(C)/C=C/[C@H](CC1OCCO1)C(=O)N(C)[C@H](P)[C@H](O)c1ccccc1. The number of benzene rings is 1. The number of hydrogen-bond donors (Lipinski definition) is 1. The molecule has 1 N–H and O–H groups in total. The first-order valence-corrected chi connectivity index (χ1v) is 9.39. The molecule has 1 amide bonds. The van der Waals surface area contributed by atoms with Crippen LogP contribution in [0.3, 0.4) is 0 Å². The Morgan fingerprint density at radius 1 is 1.38 bits per heavy atom. The molecule has 0 spiro atoms. The van der Waals surface area contributed by atoms with Gasteiger partial charge >= 0.3 is 0 Å². The standard InChI is InChI=1S/C20H28NO4P/c1-14(2)9-10-16(13-17-24-11-12-25-17)19(23)21(3)20(26)18(22)15-7-5-4-6-8-15/h4-10,16-18,20,22H,1,11-13,26H2,2-3H3/b10-9+/t16-,18-,20-/m1/s1. The van der Waals surface area contributed by atoms with Gasteiger partial charge in [-0.05, 0) is 12.5 Å². The molecule has 142 valence electrons. The maximum Gasteiger partial charge on any atom is 0.230 e. The van der Waals surface area contributed by atoms with Crippen LogP contribution in [0.15, 0.2) is 54.6 Å². The van der Waals surface area contributed by atoms with E-state index in [1.54, 1.807) is 11.9 Å². The zero-order valence-electron chi connectivity index (χ0n) is 15.4. The predicted molar refractivity (Wildman–Crippen MR) is 105 cm³/mol. The molecule has 5 nitrogen and oxygen atoms in total. The van der Waals surface area contributed by atoms with Crippen LogP contribution in [0.25, 0.3) is 0 Å². The molecule has 1 fully saturated rings. The number of aliphatic hydroxyl groups excluding tert-OH is 1. The first kappa shape index (κ1) is 20.8. The summed E-state index contributed by atoms with van der Waals surface area (Å²) >= 11 is 0. The van der Waals surface area contributed by atoms with E-state index in [4.69, 9.17) is 9.47 Å². The largest absolute Gasteiger partial charge is 0.386 e. The third-order valence-electron chi connectivity index (χ3n) is 4.33. The topological polar surface area (TPSA) is 59.0 Å². The number of ether oxygens (including phenoxy) is 2. The van der Waals surface area contributed by atoms with Crippen molar-refractivity contribution in [3.8, 4) is 0 Å². The Bertz CT molecular complexity index is 628. The number of hydrogen-bond acceptors (Lipinski definition) is 4. The molecule has 26 heavy (non-hydrogen) atoms. The number of allylic oxidation sites excluding steroid dienone is 2. The van der Waals surface area contributed by atoms with Crippen LogP contribution >= 0.6 is 9.24 Å². The van der Waals surface area contributed by atoms with E-state index in [0.717, 1.165) is 11.1 Å². The van der Waals surface area contributed by atoms with Crippen molar-refractivity contribution in [2.24, 2.45) is 5.92 Å². The average Bonchev–Trinajstić information content (AvgIpc) is 3.16. The van der Waals surface area contributed by atoms with Crippen molar-refractivity contribution >= 4 is 15.1 Å². The molecule has 1 aromatic carbocycles. The Morgan fingerprint density at radius 2 is 2.00 bits per heavy atom. The highest BCUT2D eigenvalue weighted by Crippen LogP contribution is 2.27. The minimum Gasteiger partial charge on any atom is -0.386 e. The van der Waals surface area contributed by atoms with Gasteiger partial charge in [0.05, 0.1) is 24.9 Å². The highest BCUT2D eigenvalue weighted by molar-refractivity contribution is 7.17. The van der Waals surface area contributed by atoms with E-state index >= 15 is 0 Å². The molecule has 1 saturated heterocycles. The van der Waals surface area contributed by atoms with Gasteiger partial charge in [0.15, 0.2) is 6.29 Å². The van der Waals surface area contributed by atoms with Gasteiger partial charge in [-0.1, -0.05) is 54.6 Å². The normalized spacial score (nSPS) is 18.6. The number of amides is 1. The smallest absolute Gasteiger partial charge is 0.230 e. The van der Waals surface area contributed by atoms with E-state index in [2.05, 4.69) is 15.8 Å². The average molecular weight is 377 g/mol. The van der Waals surface area contributed by atoms with Crippen molar-refractivity contribution in [1.82, 2.24) is 4.90 Å². The summed E-state index contributed by atoms with van der Waals surface area (Å²) in [5.74, 6) is -0.960. The molecule has 1 heterocycles. The fourth-order valence-electron chi connectivity index (χ4n) is 2.76. The van der Waals surface area contributed by atoms with Gasteiger partial charge in [0.2, 0.25) is 5.91 Å². The summed E-state index contributed by atoms with van der Waals surface area (Å²) in [7, 11) is 4.26. The zero-order chi connectivity index (χ0) is 19.1. The molecule has 0 aliphatic carbocycles. The summed E-state index contributed by atoms with van der Waals surface area (Å²) in [6.07, 6.45) is 2.93. The van der Waals surface area contributed by atoms with Gasteiger partial charge in [0, 0.05) is 13.5 Å². The molecule has 1 aliphatic rings. The van der Waals surface area contributed by atoms with Crippen molar-refractivity contribution in [3.63, 3.8) is 0 Å². The summed E-state index contributed by atoms with van der Waals surface area (Å²) in [4.78, 5) is 14.6. The fraction of sp³-hybridized carbons (Fsp3) is 0.450. The molecule has 1 unspecified atom stereocenters. The van der Waals surface area contributed by atoms with Crippen LogP contribution in [0.4, 0.5) is 0 Å². The Kier molecular flexibility index (Phi) is 7.98. The summed E-state index contributed by atoms with van der Waals surface area (Å²) in [6.45, 7) is 6.82. The maximum atomic E-state index is 13.0. The van der Waals surface area contributed by atoms with E-state index in [1.165, 1.54) is 0 Å². The Hall–Kier alpha value is -1.52. The Balaban J connectivity index is 2.10. The van der Waals surface area contributed by atoms with Crippen LogP contribution in [0.1, 0.15) is 25.0 Å². The van der Waals surface area contributed by atoms with E-state index in [0.29, 0.717) is 19.6 Å². The van der Waals surface area contributed by atoms with Crippen molar-refractivity contribution in [1.29, 1.82) is 0 Å². The van der Waals surface area contributed by atoms with Gasteiger partial charge < -0.3 is 19.5 Å². The van der Waals surface area contributed by atoms with Crippen LogP contribution in [0, 0.1) is 5.92 Å². The second-order valence-corrected chi connectivity index (χ2v) is 7.20. The maximum absolute atomic E-state index is 13.0. The lowest BCUT2D eigenvalue weighted by atomic mass is 10.0.